The molecule has 2 heteroatoms. The van der Waals surface area contributed by atoms with Crippen LogP contribution in [0.2, 0.25) is 0 Å². The normalized spacial score (nSPS) is 7.29. The Bertz CT molecular complexity index is 98.6. The van der Waals surface area contributed by atoms with Crippen LogP contribution >= 0.6 is 23.2 Å². The van der Waals surface area contributed by atoms with Gasteiger partial charge in [0.2, 0.25) is 0 Å². The minimum absolute atomic E-state index is 0.503. The van der Waals surface area contributed by atoms with Crippen LogP contribution in [0.1, 0.15) is 6.92 Å². The highest BCUT2D eigenvalue weighted by Crippen LogP contribution is 1.91. The van der Waals surface area contributed by atoms with Crippen molar-refractivity contribution in [2.75, 3.05) is 5.88 Å². The number of hydrogen-bond donors (Lipinski definition) is 0. The van der Waals surface area contributed by atoms with Crippen LogP contribution < -0.4 is 0 Å². The maximum absolute atomic E-state index is 5.35. The van der Waals surface area contributed by atoms with Gasteiger partial charge in [0.1, 0.15) is 0 Å². The molecule has 0 unspecified atom stereocenters. The number of allylic oxidation sites excluding steroid dienone is 1. The molecule has 0 fully saturated rings. The molecular weight excluding hydrogens is 131 g/mol. The van der Waals surface area contributed by atoms with Crippen LogP contribution in [0.5, 0.6) is 0 Å². The summed E-state index contributed by atoms with van der Waals surface area (Å²) in [5.41, 5.74) is 5.01. The smallest absolute Gasteiger partial charge is 0.0506 e. The first-order valence-corrected chi connectivity index (χ1v) is 2.85. The molecule has 0 N–H and O–H groups in total. The molecule has 0 heterocycles. The predicted octanol–water partition coefficient (Wildman–Crippen LogP) is 2.52. The van der Waals surface area contributed by atoms with Crippen molar-refractivity contribution >= 4 is 23.2 Å². The third-order valence-corrected chi connectivity index (χ3v) is 1.01. The summed E-state index contributed by atoms with van der Waals surface area (Å²) in [5, 5.41) is 0. The van der Waals surface area contributed by atoms with Gasteiger partial charge < -0.3 is 0 Å². The quantitative estimate of drug-likeness (QED) is 0.384. The maximum Gasteiger partial charge on any atom is 0.0506 e. The Morgan fingerprint density at radius 3 is 2.57 bits per heavy atom. The van der Waals surface area contributed by atoms with Crippen molar-refractivity contribution in [1.82, 2.24) is 0 Å². The molecule has 0 bridgehead atoms. The van der Waals surface area contributed by atoms with Gasteiger partial charge in [-0.2, -0.15) is 0 Å². The summed E-state index contributed by atoms with van der Waals surface area (Å²) in [6.07, 6.45) is 0. The molecular formula is C5H6Cl2. The molecule has 0 saturated carbocycles. The molecule has 0 aromatic heterocycles. The second kappa shape index (κ2) is 4.26. The standard InChI is InChI=1S/C5H6Cl2/c1-5(4-7)2-3-6/h3H,4H2,1H3. The Morgan fingerprint density at radius 2 is 2.43 bits per heavy atom. The molecule has 7 heavy (non-hydrogen) atoms. The van der Waals surface area contributed by atoms with Gasteiger partial charge in [0.15, 0.2) is 0 Å². The van der Waals surface area contributed by atoms with E-state index in [9.17, 15) is 0 Å². The number of hydrogen-bond acceptors (Lipinski definition) is 0. The predicted molar refractivity (Wildman–Crippen MR) is 33.8 cm³/mol. The van der Waals surface area contributed by atoms with Gasteiger partial charge >= 0.3 is 0 Å². The molecule has 0 aromatic carbocycles. The molecule has 0 aliphatic heterocycles. The average molecular weight is 137 g/mol. The Kier molecular flexibility index (Phi) is 4.32. The third kappa shape index (κ3) is 3.94. The van der Waals surface area contributed by atoms with Crippen LogP contribution in [0.4, 0.5) is 0 Å². The highest BCUT2D eigenvalue weighted by atomic mass is 35.5. The fourth-order valence-corrected chi connectivity index (χ4v) is 0.395. The largest absolute Gasteiger partial charge is 0.121 e. The first-order valence-electron chi connectivity index (χ1n) is 1.88. The Hall–Kier alpha value is 0.100. The highest BCUT2D eigenvalue weighted by Gasteiger charge is 1.75. The van der Waals surface area contributed by atoms with Crippen molar-refractivity contribution in [2.24, 2.45) is 0 Å². The van der Waals surface area contributed by atoms with E-state index in [1.165, 1.54) is 5.54 Å². The molecule has 0 aliphatic carbocycles. The maximum atomic E-state index is 5.35. The minimum Gasteiger partial charge on any atom is -0.121 e. The molecule has 0 radical (unpaired) electrons. The van der Waals surface area contributed by atoms with Gasteiger partial charge in [-0.05, 0) is 12.5 Å². The lowest BCUT2D eigenvalue weighted by Gasteiger charge is -1.79. The minimum atomic E-state index is 0.503. The summed E-state index contributed by atoms with van der Waals surface area (Å²) in [7, 11) is 0. The van der Waals surface area contributed by atoms with E-state index < -0.39 is 0 Å². The second-order valence-electron chi connectivity index (χ2n) is 1.17. The Morgan fingerprint density at radius 1 is 1.86 bits per heavy atom. The molecule has 0 saturated heterocycles. The topological polar surface area (TPSA) is 0 Å². The Labute approximate surface area is 53.4 Å². The van der Waals surface area contributed by atoms with Crippen LogP contribution in [0.25, 0.3) is 0 Å². The van der Waals surface area contributed by atoms with E-state index in [-0.39, 0.29) is 0 Å². The third-order valence-electron chi connectivity index (χ3n) is 0.501. The molecule has 0 rings (SSSR count). The van der Waals surface area contributed by atoms with E-state index in [1.807, 2.05) is 6.92 Å². The molecule has 0 nitrogen and oxygen atoms in total. The lowest BCUT2D eigenvalue weighted by molar-refractivity contribution is 1.42. The van der Waals surface area contributed by atoms with Crippen molar-refractivity contribution in [3.05, 3.63) is 16.8 Å². The van der Waals surface area contributed by atoms with E-state index in [2.05, 4.69) is 5.73 Å². The lowest BCUT2D eigenvalue weighted by atomic mass is 10.4. The van der Waals surface area contributed by atoms with Gasteiger partial charge in [-0.15, -0.1) is 17.3 Å². The summed E-state index contributed by atoms with van der Waals surface area (Å²) in [5.74, 6) is 0.503. The number of halogens is 2. The summed E-state index contributed by atoms with van der Waals surface area (Å²) >= 11 is 10.5. The number of alkyl halides is 1. The molecule has 0 amide bonds. The van der Waals surface area contributed by atoms with Gasteiger partial charge in [0.25, 0.3) is 0 Å². The van der Waals surface area contributed by atoms with Crippen molar-refractivity contribution in [3.63, 3.8) is 0 Å². The molecule has 0 aromatic rings. The van der Waals surface area contributed by atoms with Crippen molar-refractivity contribution in [3.8, 4) is 0 Å². The molecule has 0 aliphatic rings. The van der Waals surface area contributed by atoms with Crippen LogP contribution in [0.15, 0.2) is 16.8 Å². The van der Waals surface area contributed by atoms with Crippen molar-refractivity contribution < 1.29 is 0 Å². The fourth-order valence-electron chi connectivity index (χ4n) is 0.132. The zero-order valence-corrected chi connectivity index (χ0v) is 5.55. The van der Waals surface area contributed by atoms with Crippen LogP contribution in [0.3, 0.4) is 0 Å². The van der Waals surface area contributed by atoms with Crippen molar-refractivity contribution in [2.45, 2.75) is 6.92 Å². The zero-order valence-electron chi connectivity index (χ0n) is 4.04. The van der Waals surface area contributed by atoms with Crippen LogP contribution in [-0.2, 0) is 0 Å². The fraction of sp³-hybridized carbons (Fsp3) is 0.400. The van der Waals surface area contributed by atoms with Gasteiger partial charge in [-0.3, -0.25) is 0 Å². The zero-order chi connectivity index (χ0) is 5.70. The first-order chi connectivity index (χ1) is 3.31. The monoisotopic (exact) mass is 136 g/mol. The molecule has 0 spiro atoms. The highest BCUT2D eigenvalue weighted by molar-refractivity contribution is 6.25. The first kappa shape index (κ1) is 7.10. The average Bonchev–Trinajstić information content (AvgIpc) is 1.68. The van der Waals surface area contributed by atoms with E-state index in [0.717, 1.165) is 5.57 Å². The van der Waals surface area contributed by atoms with E-state index in [1.54, 1.807) is 0 Å². The SMILES string of the molecule is CC(=C=CCl)CCl. The summed E-state index contributed by atoms with van der Waals surface area (Å²) in [6.45, 7) is 1.87. The van der Waals surface area contributed by atoms with Gasteiger partial charge in [0.05, 0.1) is 5.88 Å². The van der Waals surface area contributed by atoms with Gasteiger partial charge in [-0.25, -0.2) is 0 Å². The van der Waals surface area contributed by atoms with Gasteiger partial charge in [0, 0.05) is 5.54 Å². The summed E-state index contributed by atoms with van der Waals surface area (Å²) in [6, 6.07) is 0. The Balaban J connectivity index is 3.74. The summed E-state index contributed by atoms with van der Waals surface area (Å²) in [4.78, 5) is 0. The second-order valence-corrected chi connectivity index (χ2v) is 1.65. The van der Waals surface area contributed by atoms with E-state index in [0.29, 0.717) is 5.88 Å². The van der Waals surface area contributed by atoms with E-state index >= 15 is 0 Å². The van der Waals surface area contributed by atoms with Crippen LogP contribution in [0, 0.1) is 0 Å². The van der Waals surface area contributed by atoms with Crippen molar-refractivity contribution in [1.29, 1.82) is 0 Å². The molecule has 0 atom stereocenters. The number of rotatable bonds is 1. The van der Waals surface area contributed by atoms with Gasteiger partial charge in [-0.1, -0.05) is 11.6 Å². The van der Waals surface area contributed by atoms with Crippen LogP contribution in [-0.4, -0.2) is 5.88 Å². The van der Waals surface area contributed by atoms with E-state index in [4.69, 9.17) is 23.2 Å². The lowest BCUT2D eigenvalue weighted by Crippen LogP contribution is -1.68. The molecule has 40 valence electrons. The summed E-state index contributed by atoms with van der Waals surface area (Å²) < 4.78 is 0.